The first-order valence-corrected chi connectivity index (χ1v) is 8.08. The standard InChI is InChI=1S/C18H27FN2O/c1-14(2)7-10-21-11-8-15(9-12-21)20-13-18(22)16-5-3-4-6-17(16)19/h3-7,15,18,20,22H,8-13H2,1-2H3. The molecule has 3 nitrogen and oxygen atoms in total. The highest BCUT2D eigenvalue weighted by Crippen LogP contribution is 2.17. The third-order valence-electron chi connectivity index (χ3n) is 4.21. The molecule has 122 valence electrons. The van der Waals surface area contributed by atoms with E-state index in [1.54, 1.807) is 18.2 Å². The quantitative estimate of drug-likeness (QED) is 0.793. The molecule has 0 saturated carbocycles. The number of hydrogen-bond donors (Lipinski definition) is 2. The van der Waals surface area contributed by atoms with Gasteiger partial charge < -0.3 is 10.4 Å². The highest BCUT2D eigenvalue weighted by atomic mass is 19.1. The van der Waals surface area contributed by atoms with Crippen molar-refractivity contribution >= 4 is 0 Å². The molecule has 0 aliphatic carbocycles. The number of benzene rings is 1. The molecule has 0 spiro atoms. The normalized spacial score (nSPS) is 18.2. The zero-order valence-electron chi connectivity index (χ0n) is 13.6. The summed E-state index contributed by atoms with van der Waals surface area (Å²) < 4.78 is 13.6. The minimum absolute atomic E-state index is 0.339. The molecule has 0 amide bonds. The highest BCUT2D eigenvalue weighted by Gasteiger charge is 2.20. The van der Waals surface area contributed by atoms with E-state index in [0.717, 1.165) is 32.5 Å². The van der Waals surface area contributed by atoms with Gasteiger partial charge in [-0.05, 0) is 45.8 Å². The van der Waals surface area contributed by atoms with Crippen LogP contribution in [-0.4, -0.2) is 42.2 Å². The first-order chi connectivity index (χ1) is 10.6. The zero-order valence-corrected chi connectivity index (χ0v) is 13.6. The largest absolute Gasteiger partial charge is 0.387 e. The van der Waals surface area contributed by atoms with Crippen LogP contribution in [0.15, 0.2) is 35.9 Å². The van der Waals surface area contributed by atoms with Crippen LogP contribution in [0, 0.1) is 5.82 Å². The van der Waals surface area contributed by atoms with Gasteiger partial charge in [-0.1, -0.05) is 29.8 Å². The maximum Gasteiger partial charge on any atom is 0.129 e. The van der Waals surface area contributed by atoms with Gasteiger partial charge in [-0.3, -0.25) is 4.90 Å². The fraction of sp³-hybridized carbons (Fsp3) is 0.556. The molecule has 22 heavy (non-hydrogen) atoms. The molecule has 1 aromatic carbocycles. The smallest absolute Gasteiger partial charge is 0.129 e. The first kappa shape index (κ1) is 17.1. The molecule has 1 unspecified atom stereocenters. The number of allylic oxidation sites excluding steroid dienone is 1. The lowest BCUT2D eigenvalue weighted by Gasteiger charge is -2.32. The Balaban J connectivity index is 1.73. The van der Waals surface area contributed by atoms with Crippen LogP contribution in [0.4, 0.5) is 4.39 Å². The molecule has 1 saturated heterocycles. The van der Waals surface area contributed by atoms with Gasteiger partial charge in [0, 0.05) is 24.7 Å². The summed E-state index contributed by atoms with van der Waals surface area (Å²) in [7, 11) is 0. The van der Waals surface area contributed by atoms with Gasteiger partial charge in [0.25, 0.3) is 0 Å². The average Bonchev–Trinajstić information content (AvgIpc) is 2.52. The molecular weight excluding hydrogens is 279 g/mol. The van der Waals surface area contributed by atoms with E-state index in [-0.39, 0.29) is 5.82 Å². The van der Waals surface area contributed by atoms with E-state index in [1.807, 2.05) is 0 Å². The lowest BCUT2D eigenvalue weighted by molar-refractivity contribution is 0.151. The van der Waals surface area contributed by atoms with Gasteiger partial charge in [0.2, 0.25) is 0 Å². The van der Waals surface area contributed by atoms with Crippen molar-refractivity contribution in [3.05, 3.63) is 47.3 Å². The molecule has 1 aromatic rings. The number of nitrogens with zero attached hydrogens (tertiary/aromatic N) is 1. The Morgan fingerprint density at radius 3 is 2.68 bits per heavy atom. The summed E-state index contributed by atoms with van der Waals surface area (Å²) in [4.78, 5) is 2.44. The van der Waals surface area contributed by atoms with Crippen molar-refractivity contribution in [2.75, 3.05) is 26.2 Å². The third-order valence-corrected chi connectivity index (χ3v) is 4.21. The van der Waals surface area contributed by atoms with Gasteiger partial charge in [0.05, 0.1) is 6.10 Å². The van der Waals surface area contributed by atoms with Gasteiger partial charge in [0.1, 0.15) is 5.82 Å². The molecule has 1 heterocycles. The highest BCUT2D eigenvalue weighted by molar-refractivity contribution is 5.20. The van der Waals surface area contributed by atoms with Crippen molar-refractivity contribution < 1.29 is 9.50 Å². The maximum atomic E-state index is 13.6. The van der Waals surface area contributed by atoms with E-state index in [0.29, 0.717) is 18.2 Å². The molecule has 1 fully saturated rings. The van der Waals surface area contributed by atoms with Crippen molar-refractivity contribution in [3.8, 4) is 0 Å². The van der Waals surface area contributed by atoms with Crippen molar-refractivity contribution in [2.45, 2.75) is 38.8 Å². The fourth-order valence-corrected chi connectivity index (χ4v) is 2.76. The number of hydrogen-bond acceptors (Lipinski definition) is 3. The lowest BCUT2D eigenvalue weighted by atomic mass is 10.0. The van der Waals surface area contributed by atoms with Crippen LogP contribution in [-0.2, 0) is 0 Å². The Labute approximate surface area is 132 Å². The Bertz CT molecular complexity index is 492. The van der Waals surface area contributed by atoms with E-state index in [4.69, 9.17) is 0 Å². The van der Waals surface area contributed by atoms with Crippen molar-refractivity contribution in [1.29, 1.82) is 0 Å². The predicted octanol–water partition coefficient (Wildman–Crippen LogP) is 2.88. The van der Waals surface area contributed by atoms with E-state index >= 15 is 0 Å². The molecule has 1 atom stereocenters. The number of likely N-dealkylation sites (tertiary alicyclic amines) is 1. The van der Waals surface area contributed by atoms with Gasteiger partial charge in [-0.25, -0.2) is 4.39 Å². The van der Waals surface area contributed by atoms with Gasteiger partial charge in [-0.15, -0.1) is 0 Å². The van der Waals surface area contributed by atoms with Crippen LogP contribution < -0.4 is 5.32 Å². The van der Waals surface area contributed by atoms with Crippen LogP contribution in [0.25, 0.3) is 0 Å². The van der Waals surface area contributed by atoms with Crippen LogP contribution >= 0.6 is 0 Å². The topological polar surface area (TPSA) is 35.5 Å². The monoisotopic (exact) mass is 306 g/mol. The molecule has 2 N–H and O–H groups in total. The molecule has 0 aromatic heterocycles. The minimum Gasteiger partial charge on any atom is -0.387 e. The van der Waals surface area contributed by atoms with Crippen LogP contribution in [0.2, 0.25) is 0 Å². The first-order valence-electron chi connectivity index (χ1n) is 8.08. The number of piperidine rings is 1. The zero-order chi connectivity index (χ0) is 15.9. The summed E-state index contributed by atoms with van der Waals surface area (Å²) in [6, 6.07) is 6.83. The second-order valence-electron chi connectivity index (χ2n) is 6.30. The van der Waals surface area contributed by atoms with Crippen LogP contribution in [0.1, 0.15) is 38.4 Å². The van der Waals surface area contributed by atoms with Crippen LogP contribution in [0.3, 0.4) is 0 Å². The summed E-state index contributed by atoms with van der Waals surface area (Å²) in [5.41, 5.74) is 1.73. The maximum absolute atomic E-state index is 13.6. The summed E-state index contributed by atoms with van der Waals surface area (Å²) >= 11 is 0. The molecule has 1 aliphatic rings. The molecule has 2 rings (SSSR count). The second-order valence-corrected chi connectivity index (χ2v) is 6.30. The third kappa shape index (κ3) is 5.20. The lowest BCUT2D eigenvalue weighted by Crippen LogP contribution is -2.43. The molecule has 0 radical (unpaired) electrons. The summed E-state index contributed by atoms with van der Waals surface area (Å²) in [5.74, 6) is -0.339. The summed E-state index contributed by atoms with van der Waals surface area (Å²) in [6.45, 7) is 7.80. The van der Waals surface area contributed by atoms with E-state index in [9.17, 15) is 9.50 Å². The number of aliphatic hydroxyl groups excluding tert-OH is 1. The van der Waals surface area contributed by atoms with Gasteiger partial charge in [0.15, 0.2) is 0 Å². The van der Waals surface area contributed by atoms with Crippen LogP contribution in [0.5, 0.6) is 0 Å². The number of aliphatic hydroxyl groups is 1. The van der Waals surface area contributed by atoms with Gasteiger partial charge in [-0.2, -0.15) is 0 Å². The summed E-state index contributed by atoms with van der Waals surface area (Å²) in [6.07, 6.45) is 3.61. The molecule has 4 heteroatoms. The summed E-state index contributed by atoms with van der Waals surface area (Å²) in [5, 5.41) is 13.5. The Morgan fingerprint density at radius 2 is 2.05 bits per heavy atom. The second kappa shape index (κ2) is 8.42. The number of rotatable bonds is 6. The van der Waals surface area contributed by atoms with Crippen molar-refractivity contribution in [3.63, 3.8) is 0 Å². The van der Waals surface area contributed by atoms with E-state index in [2.05, 4.69) is 30.1 Å². The fourth-order valence-electron chi connectivity index (χ4n) is 2.76. The predicted molar refractivity (Wildman–Crippen MR) is 88.3 cm³/mol. The minimum atomic E-state index is -0.787. The number of nitrogens with one attached hydrogen (secondary N) is 1. The Kier molecular flexibility index (Phi) is 6.55. The SMILES string of the molecule is CC(C)=CCN1CCC(NCC(O)c2ccccc2F)CC1. The Morgan fingerprint density at radius 1 is 1.36 bits per heavy atom. The van der Waals surface area contributed by atoms with E-state index < -0.39 is 6.10 Å². The van der Waals surface area contributed by atoms with E-state index in [1.165, 1.54) is 11.6 Å². The Hall–Kier alpha value is -1.23. The van der Waals surface area contributed by atoms with Crippen molar-refractivity contribution in [2.24, 2.45) is 0 Å². The molecule has 1 aliphatic heterocycles. The average molecular weight is 306 g/mol. The number of halogens is 1. The molecule has 0 bridgehead atoms. The van der Waals surface area contributed by atoms with Crippen molar-refractivity contribution in [1.82, 2.24) is 10.2 Å². The molecular formula is C18H27FN2O. The van der Waals surface area contributed by atoms with Gasteiger partial charge >= 0.3 is 0 Å².